The van der Waals surface area contributed by atoms with Crippen molar-refractivity contribution >= 4 is 11.7 Å². The predicted molar refractivity (Wildman–Crippen MR) is 74.6 cm³/mol. The Labute approximate surface area is 122 Å². The molecule has 21 heavy (non-hydrogen) atoms. The second-order valence-electron chi connectivity index (χ2n) is 3.95. The lowest BCUT2D eigenvalue weighted by Gasteiger charge is -2.09. The number of carboxylic acids is 1. The predicted octanol–water partition coefficient (Wildman–Crippen LogP) is 0.420. The molecule has 1 rings (SSSR count). The number of aromatic carboxylic acids is 1. The summed E-state index contributed by atoms with van der Waals surface area (Å²) in [6, 6.07) is 1.32. The Morgan fingerprint density at radius 3 is 2.43 bits per heavy atom. The van der Waals surface area contributed by atoms with Crippen LogP contribution in [0.1, 0.15) is 10.4 Å². The summed E-state index contributed by atoms with van der Waals surface area (Å²) in [6.07, 6.45) is 1.33. The largest absolute Gasteiger partial charge is 0.478 e. The first-order valence-corrected chi connectivity index (χ1v) is 6.41. The molecule has 8 heteroatoms. The fourth-order valence-corrected chi connectivity index (χ4v) is 1.42. The van der Waals surface area contributed by atoms with Crippen molar-refractivity contribution in [1.29, 1.82) is 0 Å². The van der Waals surface area contributed by atoms with Crippen molar-refractivity contribution in [2.75, 3.05) is 52.5 Å². The standard InChI is InChI=1S/C13H20N2O6/c1-18-4-5-19-6-7-20-8-9-21-12-11(14)10(13(16)17)2-3-15-12/h2-3H,4-9,14H2,1H3,(H,16,17). The van der Waals surface area contributed by atoms with E-state index in [0.29, 0.717) is 33.0 Å². The number of nitrogens with zero attached hydrogens (tertiary/aromatic N) is 1. The molecule has 3 N–H and O–H groups in total. The third kappa shape index (κ3) is 6.39. The summed E-state index contributed by atoms with van der Waals surface area (Å²) >= 11 is 0. The number of hydrogen-bond acceptors (Lipinski definition) is 7. The zero-order valence-corrected chi connectivity index (χ0v) is 11.9. The Morgan fingerprint density at radius 2 is 1.81 bits per heavy atom. The van der Waals surface area contributed by atoms with Crippen molar-refractivity contribution in [2.24, 2.45) is 0 Å². The van der Waals surface area contributed by atoms with Crippen LogP contribution in [0.25, 0.3) is 0 Å². The van der Waals surface area contributed by atoms with Gasteiger partial charge in [-0.3, -0.25) is 0 Å². The highest BCUT2D eigenvalue weighted by atomic mass is 16.6. The van der Waals surface area contributed by atoms with Crippen molar-refractivity contribution in [2.45, 2.75) is 0 Å². The van der Waals surface area contributed by atoms with Crippen LogP contribution in [-0.2, 0) is 14.2 Å². The Morgan fingerprint density at radius 1 is 1.19 bits per heavy atom. The van der Waals surface area contributed by atoms with E-state index in [1.54, 1.807) is 7.11 Å². The van der Waals surface area contributed by atoms with Gasteiger partial charge < -0.3 is 29.8 Å². The maximum atomic E-state index is 10.9. The highest BCUT2D eigenvalue weighted by molar-refractivity contribution is 5.94. The van der Waals surface area contributed by atoms with Crippen LogP contribution in [0.5, 0.6) is 5.88 Å². The van der Waals surface area contributed by atoms with E-state index in [0.717, 1.165) is 0 Å². The summed E-state index contributed by atoms with van der Waals surface area (Å²) in [5, 5.41) is 8.91. The maximum Gasteiger partial charge on any atom is 0.338 e. The minimum absolute atomic E-state index is 0.00731. The van der Waals surface area contributed by atoms with E-state index in [1.165, 1.54) is 12.3 Å². The van der Waals surface area contributed by atoms with E-state index >= 15 is 0 Å². The van der Waals surface area contributed by atoms with Gasteiger partial charge >= 0.3 is 5.97 Å². The van der Waals surface area contributed by atoms with Crippen LogP contribution in [0, 0.1) is 0 Å². The molecular weight excluding hydrogens is 280 g/mol. The van der Waals surface area contributed by atoms with Gasteiger partial charge in [0.05, 0.1) is 38.6 Å². The molecule has 0 fully saturated rings. The van der Waals surface area contributed by atoms with Gasteiger partial charge in [0.2, 0.25) is 5.88 Å². The second-order valence-corrected chi connectivity index (χ2v) is 3.95. The quantitative estimate of drug-likeness (QED) is 0.565. The number of carboxylic acid groups (broad SMARTS) is 1. The molecule has 8 nitrogen and oxygen atoms in total. The zero-order chi connectivity index (χ0) is 15.5. The van der Waals surface area contributed by atoms with Crippen molar-refractivity contribution in [1.82, 2.24) is 4.98 Å². The van der Waals surface area contributed by atoms with Crippen LogP contribution in [0.4, 0.5) is 5.69 Å². The number of aromatic nitrogens is 1. The molecule has 1 heterocycles. The minimum Gasteiger partial charge on any atom is -0.478 e. The van der Waals surface area contributed by atoms with E-state index in [-0.39, 0.29) is 23.7 Å². The Balaban J connectivity index is 2.19. The molecule has 0 aliphatic carbocycles. The van der Waals surface area contributed by atoms with Gasteiger partial charge in [0.25, 0.3) is 0 Å². The molecule has 0 aliphatic rings. The zero-order valence-electron chi connectivity index (χ0n) is 11.9. The normalized spacial score (nSPS) is 10.5. The molecule has 0 aromatic carbocycles. The van der Waals surface area contributed by atoms with E-state index in [4.69, 9.17) is 29.8 Å². The van der Waals surface area contributed by atoms with Gasteiger partial charge in [-0.25, -0.2) is 9.78 Å². The molecule has 0 saturated carbocycles. The van der Waals surface area contributed by atoms with Crippen molar-refractivity contribution in [3.05, 3.63) is 17.8 Å². The number of carbonyl (C=O) groups is 1. The molecule has 0 radical (unpaired) electrons. The first kappa shape index (κ1) is 17.2. The monoisotopic (exact) mass is 300 g/mol. The van der Waals surface area contributed by atoms with Gasteiger partial charge in [-0.1, -0.05) is 0 Å². The number of rotatable bonds is 11. The average Bonchev–Trinajstić information content (AvgIpc) is 2.46. The molecular formula is C13H20N2O6. The SMILES string of the molecule is COCCOCCOCCOc1nccc(C(=O)O)c1N. The third-order valence-electron chi connectivity index (χ3n) is 2.45. The van der Waals surface area contributed by atoms with Gasteiger partial charge in [-0.05, 0) is 6.07 Å². The second kappa shape index (κ2) is 9.92. The highest BCUT2D eigenvalue weighted by Gasteiger charge is 2.12. The summed E-state index contributed by atoms with van der Waals surface area (Å²) in [5.74, 6) is -1.03. The van der Waals surface area contributed by atoms with Gasteiger partial charge in [0.15, 0.2) is 0 Å². The van der Waals surface area contributed by atoms with Gasteiger partial charge in [-0.15, -0.1) is 0 Å². The molecule has 118 valence electrons. The fourth-order valence-electron chi connectivity index (χ4n) is 1.42. The van der Waals surface area contributed by atoms with Crippen molar-refractivity contribution in [3.8, 4) is 5.88 Å². The summed E-state index contributed by atoms with van der Waals surface area (Å²) in [6.45, 7) is 2.53. The number of hydrogen-bond donors (Lipinski definition) is 2. The van der Waals surface area contributed by atoms with E-state index in [1.807, 2.05) is 0 Å². The van der Waals surface area contributed by atoms with Crippen LogP contribution >= 0.6 is 0 Å². The lowest BCUT2D eigenvalue weighted by molar-refractivity contribution is 0.0177. The first-order valence-electron chi connectivity index (χ1n) is 6.41. The maximum absolute atomic E-state index is 10.9. The van der Waals surface area contributed by atoms with Gasteiger partial charge in [0, 0.05) is 13.3 Å². The lowest BCUT2D eigenvalue weighted by atomic mass is 10.2. The number of anilines is 1. The van der Waals surface area contributed by atoms with Crippen LogP contribution in [0.2, 0.25) is 0 Å². The molecule has 0 spiro atoms. The third-order valence-corrected chi connectivity index (χ3v) is 2.45. The smallest absolute Gasteiger partial charge is 0.338 e. The highest BCUT2D eigenvalue weighted by Crippen LogP contribution is 2.21. The number of nitrogens with two attached hydrogens (primary N) is 1. The molecule has 1 aromatic rings. The summed E-state index contributed by atoms with van der Waals surface area (Å²) < 4.78 is 20.6. The van der Waals surface area contributed by atoms with Crippen molar-refractivity contribution in [3.63, 3.8) is 0 Å². The molecule has 0 bridgehead atoms. The summed E-state index contributed by atoms with van der Waals surface area (Å²) in [7, 11) is 1.61. The summed E-state index contributed by atoms with van der Waals surface area (Å²) in [5.41, 5.74) is 5.62. The van der Waals surface area contributed by atoms with Crippen LogP contribution in [-0.4, -0.2) is 62.8 Å². The van der Waals surface area contributed by atoms with Crippen LogP contribution < -0.4 is 10.5 Å². The van der Waals surface area contributed by atoms with E-state index in [2.05, 4.69) is 4.98 Å². The van der Waals surface area contributed by atoms with Gasteiger partial charge in [-0.2, -0.15) is 0 Å². The topological polar surface area (TPSA) is 113 Å². The molecule has 0 amide bonds. The Kier molecular flexibility index (Phi) is 8.10. The van der Waals surface area contributed by atoms with Crippen LogP contribution in [0.15, 0.2) is 12.3 Å². The van der Waals surface area contributed by atoms with E-state index in [9.17, 15) is 4.79 Å². The molecule has 1 aromatic heterocycles. The first-order chi connectivity index (χ1) is 10.2. The fraction of sp³-hybridized carbons (Fsp3) is 0.538. The number of pyridine rings is 1. The molecule has 0 unspecified atom stereocenters. The Hall–Kier alpha value is -1.90. The minimum atomic E-state index is -1.12. The van der Waals surface area contributed by atoms with E-state index < -0.39 is 5.97 Å². The number of ether oxygens (including phenoxy) is 4. The Bertz CT molecular complexity index is 441. The molecule has 0 atom stereocenters. The van der Waals surface area contributed by atoms with Crippen LogP contribution in [0.3, 0.4) is 0 Å². The van der Waals surface area contributed by atoms with Gasteiger partial charge in [0.1, 0.15) is 12.3 Å². The van der Waals surface area contributed by atoms with Crippen molar-refractivity contribution < 1.29 is 28.8 Å². The lowest BCUT2D eigenvalue weighted by Crippen LogP contribution is -2.14. The average molecular weight is 300 g/mol. The summed E-state index contributed by atoms with van der Waals surface area (Å²) in [4.78, 5) is 14.8. The number of methoxy groups -OCH3 is 1. The number of nitrogen functional groups attached to an aromatic ring is 1. The molecule has 0 saturated heterocycles. The molecule has 0 aliphatic heterocycles.